The molecule has 0 aromatic heterocycles. The lowest BCUT2D eigenvalue weighted by Gasteiger charge is -2.14. The molecule has 1 amide bonds. The van der Waals surface area contributed by atoms with Crippen molar-refractivity contribution in [2.45, 2.75) is 25.3 Å². The molecule has 0 heterocycles. The van der Waals surface area contributed by atoms with Crippen LogP contribution in [0.1, 0.15) is 36.4 Å². The van der Waals surface area contributed by atoms with E-state index in [2.05, 4.69) is 17.4 Å². The van der Waals surface area contributed by atoms with Gasteiger partial charge in [-0.05, 0) is 30.4 Å². The van der Waals surface area contributed by atoms with Gasteiger partial charge in [-0.15, -0.1) is 0 Å². The monoisotopic (exact) mass is 265 g/mol. The van der Waals surface area contributed by atoms with Crippen molar-refractivity contribution >= 4 is 5.91 Å². The highest BCUT2D eigenvalue weighted by Crippen LogP contribution is 2.47. The van der Waals surface area contributed by atoms with Gasteiger partial charge in [-0.1, -0.05) is 60.7 Å². The summed E-state index contributed by atoms with van der Waals surface area (Å²) in [5.41, 5.74) is 2.43. The number of nitrogens with one attached hydrogen (secondary N) is 1. The molecule has 2 nitrogen and oxygen atoms in total. The number of carbonyl (C=O) groups excluding carboxylic acids is 1. The van der Waals surface area contributed by atoms with E-state index in [1.807, 2.05) is 55.5 Å². The van der Waals surface area contributed by atoms with Gasteiger partial charge >= 0.3 is 0 Å². The van der Waals surface area contributed by atoms with Crippen LogP contribution in [0.25, 0.3) is 0 Å². The fourth-order valence-corrected chi connectivity index (χ4v) is 2.70. The van der Waals surface area contributed by atoms with Crippen LogP contribution < -0.4 is 5.32 Å². The van der Waals surface area contributed by atoms with Crippen LogP contribution in [0.2, 0.25) is 0 Å². The van der Waals surface area contributed by atoms with Crippen molar-refractivity contribution in [3.8, 4) is 0 Å². The minimum absolute atomic E-state index is 0.0701. The number of benzene rings is 2. The highest BCUT2D eigenvalue weighted by atomic mass is 16.2. The first-order valence-electron chi connectivity index (χ1n) is 7.16. The minimum atomic E-state index is 0.0701. The quantitative estimate of drug-likeness (QED) is 0.898. The average Bonchev–Trinajstić information content (AvgIpc) is 3.29. The Morgan fingerprint density at radius 3 is 2.30 bits per heavy atom. The first-order valence-corrected chi connectivity index (χ1v) is 7.16. The van der Waals surface area contributed by atoms with Crippen LogP contribution in [0, 0.1) is 5.92 Å². The summed E-state index contributed by atoms with van der Waals surface area (Å²) in [7, 11) is 0. The lowest BCUT2D eigenvalue weighted by atomic mass is 10.1. The fourth-order valence-electron chi connectivity index (χ4n) is 2.70. The van der Waals surface area contributed by atoms with Crippen molar-refractivity contribution in [2.75, 3.05) is 0 Å². The summed E-state index contributed by atoms with van der Waals surface area (Å²) in [4.78, 5) is 12.3. The van der Waals surface area contributed by atoms with Gasteiger partial charge in [0.15, 0.2) is 0 Å². The molecular weight excluding hydrogens is 246 g/mol. The zero-order valence-corrected chi connectivity index (χ0v) is 11.6. The van der Waals surface area contributed by atoms with Gasteiger partial charge in [-0.3, -0.25) is 4.79 Å². The van der Waals surface area contributed by atoms with Crippen molar-refractivity contribution in [3.63, 3.8) is 0 Å². The molecule has 0 unspecified atom stereocenters. The predicted octanol–water partition coefficient (Wildman–Crippen LogP) is 3.67. The molecule has 2 aromatic rings. The van der Waals surface area contributed by atoms with Gasteiger partial charge in [0.2, 0.25) is 5.91 Å². The van der Waals surface area contributed by atoms with Gasteiger partial charge in [-0.2, -0.15) is 0 Å². The first-order chi connectivity index (χ1) is 9.75. The zero-order valence-electron chi connectivity index (χ0n) is 11.6. The standard InChI is InChI=1S/C18H19NO/c1-13(14-8-4-2-5-9-14)19-18(20)17-12-16(17)15-10-6-3-7-11-15/h2-11,13,16-17H,12H2,1H3,(H,19,20)/t13-,16+,17+/m0/s1. The molecule has 0 aliphatic heterocycles. The van der Waals surface area contributed by atoms with Gasteiger partial charge in [0.25, 0.3) is 0 Å². The molecule has 1 saturated carbocycles. The van der Waals surface area contributed by atoms with E-state index < -0.39 is 0 Å². The summed E-state index contributed by atoms with van der Waals surface area (Å²) in [6.07, 6.45) is 0.970. The second kappa shape index (κ2) is 5.49. The Bertz CT molecular complexity index is 579. The van der Waals surface area contributed by atoms with Crippen LogP contribution in [0.5, 0.6) is 0 Å². The molecule has 20 heavy (non-hydrogen) atoms. The van der Waals surface area contributed by atoms with Gasteiger partial charge in [0.1, 0.15) is 0 Å². The van der Waals surface area contributed by atoms with Crippen molar-refractivity contribution in [1.82, 2.24) is 5.32 Å². The lowest BCUT2D eigenvalue weighted by molar-refractivity contribution is -0.123. The molecule has 2 aromatic carbocycles. The second-order valence-corrected chi connectivity index (χ2v) is 5.50. The molecule has 3 rings (SSSR count). The summed E-state index contributed by atoms with van der Waals surface area (Å²) in [5, 5.41) is 3.12. The summed E-state index contributed by atoms with van der Waals surface area (Å²) < 4.78 is 0. The van der Waals surface area contributed by atoms with Crippen LogP contribution in [0.4, 0.5) is 0 Å². The maximum atomic E-state index is 12.3. The number of carbonyl (C=O) groups is 1. The molecule has 3 atom stereocenters. The minimum Gasteiger partial charge on any atom is -0.349 e. The molecule has 2 heteroatoms. The largest absolute Gasteiger partial charge is 0.349 e. The van der Waals surface area contributed by atoms with E-state index in [1.54, 1.807) is 0 Å². The third-order valence-corrected chi connectivity index (χ3v) is 4.01. The number of hydrogen-bond donors (Lipinski definition) is 1. The van der Waals surface area contributed by atoms with Crippen LogP contribution in [0.3, 0.4) is 0 Å². The lowest BCUT2D eigenvalue weighted by Crippen LogP contribution is -2.28. The second-order valence-electron chi connectivity index (χ2n) is 5.50. The molecular formula is C18H19NO. The van der Waals surface area contributed by atoms with E-state index in [4.69, 9.17) is 0 Å². The molecule has 0 bridgehead atoms. The fraction of sp³-hybridized carbons (Fsp3) is 0.278. The predicted molar refractivity (Wildman–Crippen MR) is 80.3 cm³/mol. The highest BCUT2D eigenvalue weighted by molar-refractivity contribution is 5.83. The highest BCUT2D eigenvalue weighted by Gasteiger charge is 2.44. The van der Waals surface area contributed by atoms with E-state index in [-0.39, 0.29) is 17.9 Å². The Morgan fingerprint density at radius 2 is 1.65 bits per heavy atom. The Balaban J connectivity index is 1.59. The van der Waals surface area contributed by atoms with Crippen LogP contribution >= 0.6 is 0 Å². The van der Waals surface area contributed by atoms with Crippen LogP contribution in [-0.4, -0.2) is 5.91 Å². The maximum absolute atomic E-state index is 12.3. The van der Waals surface area contributed by atoms with E-state index in [1.165, 1.54) is 5.56 Å². The number of hydrogen-bond acceptors (Lipinski definition) is 1. The van der Waals surface area contributed by atoms with E-state index >= 15 is 0 Å². The molecule has 1 aliphatic carbocycles. The zero-order chi connectivity index (χ0) is 13.9. The van der Waals surface area contributed by atoms with Crippen molar-refractivity contribution < 1.29 is 4.79 Å². The third-order valence-electron chi connectivity index (χ3n) is 4.01. The van der Waals surface area contributed by atoms with Crippen LogP contribution in [-0.2, 0) is 4.79 Å². The van der Waals surface area contributed by atoms with Gasteiger partial charge < -0.3 is 5.32 Å². The Morgan fingerprint density at radius 1 is 1.05 bits per heavy atom. The molecule has 102 valence electrons. The van der Waals surface area contributed by atoms with E-state index in [0.717, 1.165) is 12.0 Å². The van der Waals surface area contributed by atoms with Gasteiger partial charge in [-0.25, -0.2) is 0 Å². The Kier molecular flexibility index (Phi) is 3.55. The Hall–Kier alpha value is -2.09. The molecule has 1 N–H and O–H groups in total. The smallest absolute Gasteiger partial charge is 0.224 e. The maximum Gasteiger partial charge on any atom is 0.224 e. The molecule has 0 saturated heterocycles. The van der Waals surface area contributed by atoms with Crippen molar-refractivity contribution in [1.29, 1.82) is 0 Å². The Labute approximate surface area is 119 Å². The van der Waals surface area contributed by atoms with Crippen molar-refractivity contribution in [2.24, 2.45) is 5.92 Å². The molecule has 1 aliphatic rings. The third kappa shape index (κ3) is 2.74. The number of amides is 1. The van der Waals surface area contributed by atoms with E-state index in [0.29, 0.717) is 5.92 Å². The summed E-state index contributed by atoms with van der Waals surface area (Å²) in [6.45, 7) is 2.03. The van der Waals surface area contributed by atoms with E-state index in [9.17, 15) is 4.79 Å². The average molecular weight is 265 g/mol. The first kappa shape index (κ1) is 12.9. The molecule has 1 fully saturated rings. The summed E-state index contributed by atoms with van der Waals surface area (Å²) >= 11 is 0. The van der Waals surface area contributed by atoms with Crippen LogP contribution in [0.15, 0.2) is 60.7 Å². The normalized spacial score (nSPS) is 22.1. The topological polar surface area (TPSA) is 29.1 Å². The van der Waals surface area contributed by atoms with Gasteiger partial charge in [0, 0.05) is 5.92 Å². The SMILES string of the molecule is C[C@H](NC(=O)[C@@H]1C[C@@H]1c1ccccc1)c1ccccc1. The molecule has 0 spiro atoms. The van der Waals surface area contributed by atoms with Gasteiger partial charge in [0.05, 0.1) is 6.04 Å². The number of rotatable bonds is 4. The molecule has 0 radical (unpaired) electrons. The summed E-state index contributed by atoms with van der Waals surface area (Å²) in [6, 6.07) is 20.5. The van der Waals surface area contributed by atoms with Crippen molar-refractivity contribution in [3.05, 3.63) is 71.8 Å². The summed E-state index contributed by atoms with van der Waals surface area (Å²) in [5.74, 6) is 0.720.